The summed E-state index contributed by atoms with van der Waals surface area (Å²) in [5, 5.41) is 9.94. The maximum atomic E-state index is 11.3. The number of hydrogen-bond donors (Lipinski definition) is 2. The van der Waals surface area contributed by atoms with Gasteiger partial charge in [-0.3, -0.25) is 4.79 Å². The fourth-order valence-corrected chi connectivity index (χ4v) is 2.77. The number of rotatable bonds is 2. The van der Waals surface area contributed by atoms with E-state index in [4.69, 9.17) is 16.4 Å². The van der Waals surface area contributed by atoms with Crippen LogP contribution in [0.15, 0.2) is 24.3 Å². The Balaban J connectivity index is 3.05. The Bertz CT molecular complexity index is 720. The number of aromatic hydroxyl groups is 1. The van der Waals surface area contributed by atoms with Gasteiger partial charge in [0, 0.05) is 16.1 Å². The second-order valence-electron chi connectivity index (χ2n) is 3.29. The average molecular weight is 275 g/mol. The van der Waals surface area contributed by atoms with E-state index in [2.05, 4.69) is 0 Å². The fourth-order valence-electron chi connectivity index (χ4n) is 1.66. The van der Waals surface area contributed by atoms with Crippen LogP contribution >= 0.6 is 10.7 Å². The van der Waals surface area contributed by atoms with E-state index in [1.807, 2.05) is 0 Å². The topological polar surface area (TPSA) is 102 Å². The molecule has 0 aliphatic carbocycles. The molecule has 17 heavy (non-hydrogen) atoms. The number of halogens is 1. The first-order valence-corrected chi connectivity index (χ1v) is 6.68. The van der Waals surface area contributed by atoms with Gasteiger partial charge in [-0.05, 0) is 6.07 Å². The smallest absolute Gasteiger partial charge is 0.328 e. The minimum atomic E-state index is -4.24. The Morgan fingerprint density at radius 1 is 1.35 bits per heavy atom. The number of nitrogens with zero attached hydrogens (tertiary/aromatic N) is 1. The average Bonchev–Trinajstić information content (AvgIpc) is 2.48. The Hall–Kier alpha value is -1.73. The Morgan fingerprint density at radius 2 is 1.94 bits per heavy atom. The van der Waals surface area contributed by atoms with Crippen LogP contribution in [0.4, 0.5) is 0 Å². The molecule has 8 heteroatoms. The molecular weight excluding hydrogens is 268 g/mol. The standard InChI is InChI=1S/C9H7ClN2O4S/c10-17(15,16)12-6-4-2-1-3-5(6)7(8(11)13)9(12)14/h1-4,14H,(H2,11,13). The van der Waals surface area contributed by atoms with Gasteiger partial charge in [0.25, 0.3) is 5.91 Å². The van der Waals surface area contributed by atoms with Crippen LogP contribution in [-0.2, 0) is 9.24 Å². The molecule has 1 amide bonds. The molecule has 0 spiro atoms. The lowest BCUT2D eigenvalue weighted by molar-refractivity contribution is 0.0999. The first-order valence-electron chi connectivity index (χ1n) is 4.41. The van der Waals surface area contributed by atoms with Crippen LogP contribution in [0.5, 0.6) is 5.88 Å². The van der Waals surface area contributed by atoms with Gasteiger partial charge < -0.3 is 10.8 Å². The monoisotopic (exact) mass is 274 g/mol. The van der Waals surface area contributed by atoms with Crippen LogP contribution in [-0.4, -0.2) is 23.4 Å². The van der Waals surface area contributed by atoms with Crippen molar-refractivity contribution in [3.8, 4) is 5.88 Å². The summed E-state index contributed by atoms with van der Waals surface area (Å²) in [5.74, 6) is -1.72. The van der Waals surface area contributed by atoms with Crippen molar-refractivity contribution in [3.63, 3.8) is 0 Å². The number of benzene rings is 1. The van der Waals surface area contributed by atoms with Gasteiger partial charge in [0.05, 0.1) is 5.52 Å². The van der Waals surface area contributed by atoms with E-state index in [0.29, 0.717) is 3.97 Å². The van der Waals surface area contributed by atoms with E-state index >= 15 is 0 Å². The number of primary amides is 1. The number of aromatic nitrogens is 1. The number of nitrogens with two attached hydrogens (primary N) is 1. The highest BCUT2D eigenvalue weighted by atomic mass is 35.7. The zero-order chi connectivity index (χ0) is 12.8. The Morgan fingerprint density at radius 3 is 2.47 bits per heavy atom. The third-order valence-corrected chi connectivity index (χ3v) is 3.49. The molecule has 0 fully saturated rings. The molecule has 3 N–H and O–H groups in total. The number of hydrogen-bond acceptors (Lipinski definition) is 4. The molecule has 0 bridgehead atoms. The zero-order valence-electron chi connectivity index (χ0n) is 8.29. The van der Waals surface area contributed by atoms with Gasteiger partial charge in [0.1, 0.15) is 5.56 Å². The first kappa shape index (κ1) is 11.7. The van der Waals surface area contributed by atoms with Crippen LogP contribution in [0.1, 0.15) is 10.4 Å². The molecule has 1 aromatic heterocycles. The predicted octanol–water partition coefficient (Wildman–Crippen LogP) is 0.777. The van der Waals surface area contributed by atoms with Gasteiger partial charge in [-0.2, -0.15) is 12.4 Å². The van der Waals surface area contributed by atoms with E-state index < -0.39 is 21.0 Å². The molecule has 0 aliphatic rings. The minimum Gasteiger partial charge on any atom is -0.493 e. The van der Waals surface area contributed by atoms with Crippen molar-refractivity contribution in [1.29, 1.82) is 0 Å². The maximum absolute atomic E-state index is 11.3. The summed E-state index contributed by atoms with van der Waals surface area (Å²) in [6.07, 6.45) is 0. The highest BCUT2D eigenvalue weighted by Gasteiger charge is 2.25. The SMILES string of the molecule is NC(=O)c1c(O)n(S(=O)(=O)Cl)c2ccccc12. The number of carbonyl (C=O) groups is 1. The molecule has 0 aliphatic heterocycles. The summed E-state index contributed by atoms with van der Waals surface area (Å²) in [5.41, 5.74) is 4.91. The normalized spacial score (nSPS) is 11.8. The van der Waals surface area contributed by atoms with E-state index in [9.17, 15) is 18.3 Å². The van der Waals surface area contributed by atoms with Crippen molar-refractivity contribution in [3.05, 3.63) is 29.8 Å². The molecule has 0 radical (unpaired) electrons. The van der Waals surface area contributed by atoms with E-state index in [-0.39, 0.29) is 16.5 Å². The van der Waals surface area contributed by atoms with Crippen LogP contribution in [0.25, 0.3) is 10.9 Å². The summed E-state index contributed by atoms with van der Waals surface area (Å²) < 4.78 is 23.1. The summed E-state index contributed by atoms with van der Waals surface area (Å²) >= 11 is 0. The van der Waals surface area contributed by atoms with E-state index in [1.165, 1.54) is 12.1 Å². The molecular formula is C9H7ClN2O4S. The molecule has 0 unspecified atom stereocenters. The lowest BCUT2D eigenvalue weighted by Gasteiger charge is -2.00. The Kier molecular flexibility index (Phi) is 2.52. The summed E-state index contributed by atoms with van der Waals surface area (Å²) in [7, 11) is 0.942. The molecule has 0 saturated heterocycles. The lowest BCUT2D eigenvalue weighted by Crippen LogP contribution is -2.11. The Labute approximate surface area is 101 Å². The van der Waals surface area contributed by atoms with Crippen LogP contribution in [0.3, 0.4) is 0 Å². The van der Waals surface area contributed by atoms with Crippen molar-refractivity contribution in [1.82, 2.24) is 3.97 Å². The van der Waals surface area contributed by atoms with Crippen molar-refractivity contribution < 1.29 is 18.3 Å². The van der Waals surface area contributed by atoms with Gasteiger partial charge in [-0.25, -0.2) is 0 Å². The van der Waals surface area contributed by atoms with Gasteiger partial charge in [0.2, 0.25) is 5.88 Å². The van der Waals surface area contributed by atoms with Crippen molar-refractivity contribution >= 4 is 36.7 Å². The van der Waals surface area contributed by atoms with E-state index in [0.717, 1.165) is 0 Å². The highest BCUT2D eigenvalue weighted by molar-refractivity contribution is 8.12. The van der Waals surface area contributed by atoms with Crippen LogP contribution in [0.2, 0.25) is 0 Å². The fraction of sp³-hybridized carbons (Fsp3) is 0. The van der Waals surface area contributed by atoms with Crippen LogP contribution in [0, 0.1) is 0 Å². The summed E-state index contributed by atoms with van der Waals surface area (Å²) in [4.78, 5) is 11.2. The lowest BCUT2D eigenvalue weighted by atomic mass is 10.1. The third-order valence-electron chi connectivity index (χ3n) is 2.27. The van der Waals surface area contributed by atoms with Crippen LogP contribution < -0.4 is 5.73 Å². The molecule has 2 aromatic rings. The molecule has 6 nitrogen and oxygen atoms in total. The molecule has 0 atom stereocenters. The van der Waals surface area contributed by atoms with Gasteiger partial charge in [-0.15, -0.1) is 0 Å². The van der Waals surface area contributed by atoms with Gasteiger partial charge in [-0.1, -0.05) is 18.2 Å². The minimum absolute atomic E-state index is 0.0915. The summed E-state index contributed by atoms with van der Waals surface area (Å²) in [6.45, 7) is 0. The molecule has 2 rings (SSSR count). The number of carbonyl (C=O) groups excluding carboxylic acids is 1. The quantitative estimate of drug-likeness (QED) is 0.790. The van der Waals surface area contributed by atoms with Crippen molar-refractivity contribution in [2.75, 3.05) is 0 Å². The maximum Gasteiger partial charge on any atom is 0.328 e. The number of fused-ring (bicyclic) bond motifs is 1. The molecule has 1 aromatic carbocycles. The summed E-state index contributed by atoms with van der Waals surface area (Å²) in [6, 6.07) is 6.00. The van der Waals surface area contributed by atoms with Gasteiger partial charge in [0.15, 0.2) is 0 Å². The molecule has 0 saturated carbocycles. The van der Waals surface area contributed by atoms with Crippen molar-refractivity contribution in [2.45, 2.75) is 0 Å². The predicted molar refractivity (Wildman–Crippen MR) is 62.3 cm³/mol. The largest absolute Gasteiger partial charge is 0.493 e. The third kappa shape index (κ3) is 1.73. The van der Waals surface area contributed by atoms with Crippen molar-refractivity contribution in [2.24, 2.45) is 5.73 Å². The second kappa shape index (κ2) is 3.64. The highest BCUT2D eigenvalue weighted by Crippen LogP contribution is 2.33. The second-order valence-corrected chi connectivity index (χ2v) is 5.65. The van der Waals surface area contributed by atoms with E-state index in [1.54, 1.807) is 12.1 Å². The van der Waals surface area contributed by atoms with Gasteiger partial charge >= 0.3 is 9.24 Å². The zero-order valence-corrected chi connectivity index (χ0v) is 9.86. The molecule has 1 heterocycles. The molecule has 90 valence electrons. The number of para-hydroxylation sites is 1. The first-order chi connectivity index (χ1) is 7.84. The number of amides is 1.